The van der Waals surface area contributed by atoms with E-state index < -0.39 is 11.6 Å². The summed E-state index contributed by atoms with van der Waals surface area (Å²) in [6.45, 7) is 0. The van der Waals surface area contributed by atoms with Crippen LogP contribution in [-0.2, 0) is 0 Å². The largest absolute Gasteiger partial charge is 0.287 e. The van der Waals surface area contributed by atoms with Crippen molar-refractivity contribution in [3.8, 4) is 0 Å². The van der Waals surface area contributed by atoms with Gasteiger partial charge in [-0.1, -0.05) is 23.7 Å². The number of hydrogen-bond acceptors (Lipinski definition) is 2. The standard InChI is InChI=1S/C12H7ClFNO/c13-9-4-1-3-8(7-9)12(16)11-10(14)5-2-6-15-11/h1-7H. The van der Waals surface area contributed by atoms with Crippen LogP contribution in [0.2, 0.25) is 5.02 Å². The maximum Gasteiger partial charge on any atom is 0.214 e. The SMILES string of the molecule is O=C(c1cccc(Cl)c1)c1ncccc1F. The number of carbonyl (C=O) groups excluding carboxylic acids is 1. The van der Waals surface area contributed by atoms with Gasteiger partial charge in [0.25, 0.3) is 0 Å². The maximum absolute atomic E-state index is 13.3. The van der Waals surface area contributed by atoms with Crippen molar-refractivity contribution in [2.24, 2.45) is 0 Å². The molecule has 0 N–H and O–H groups in total. The quantitative estimate of drug-likeness (QED) is 0.749. The Hall–Kier alpha value is -1.74. The van der Waals surface area contributed by atoms with Crippen molar-refractivity contribution < 1.29 is 9.18 Å². The normalized spacial score (nSPS) is 10.1. The number of carbonyl (C=O) groups is 1. The monoisotopic (exact) mass is 235 g/mol. The third kappa shape index (κ3) is 2.09. The molecule has 16 heavy (non-hydrogen) atoms. The first kappa shape index (κ1) is 10.8. The fourth-order valence-electron chi connectivity index (χ4n) is 1.32. The van der Waals surface area contributed by atoms with Crippen LogP contribution in [0.15, 0.2) is 42.6 Å². The number of halogens is 2. The Morgan fingerprint density at radius 3 is 2.75 bits per heavy atom. The van der Waals surface area contributed by atoms with Crippen LogP contribution in [0.4, 0.5) is 4.39 Å². The van der Waals surface area contributed by atoms with E-state index in [2.05, 4.69) is 4.98 Å². The van der Waals surface area contributed by atoms with Crippen LogP contribution in [-0.4, -0.2) is 10.8 Å². The summed E-state index contributed by atoms with van der Waals surface area (Å²) in [5.74, 6) is -1.10. The molecule has 2 nitrogen and oxygen atoms in total. The molecule has 0 aliphatic rings. The van der Waals surface area contributed by atoms with Crippen molar-refractivity contribution in [3.05, 3.63) is 64.7 Å². The number of aromatic nitrogens is 1. The van der Waals surface area contributed by atoms with Gasteiger partial charge >= 0.3 is 0 Å². The summed E-state index contributed by atoms with van der Waals surface area (Å²) in [6, 6.07) is 8.97. The van der Waals surface area contributed by atoms with Gasteiger partial charge in [0.15, 0.2) is 5.82 Å². The van der Waals surface area contributed by atoms with Crippen molar-refractivity contribution in [2.45, 2.75) is 0 Å². The Kier molecular flexibility index (Phi) is 2.97. The van der Waals surface area contributed by atoms with Gasteiger partial charge in [-0.15, -0.1) is 0 Å². The Labute approximate surface area is 96.7 Å². The lowest BCUT2D eigenvalue weighted by Crippen LogP contribution is -2.06. The lowest BCUT2D eigenvalue weighted by Gasteiger charge is -2.01. The first-order valence-corrected chi connectivity index (χ1v) is 4.97. The summed E-state index contributed by atoms with van der Waals surface area (Å²) in [5, 5.41) is 0.433. The number of pyridine rings is 1. The third-order valence-electron chi connectivity index (χ3n) is 2.06. The molecule has 0 spiro atoms. The van der Waals surface area contributed by atoms with E-state index in [-0.39, 0.29) is 5.69 Å². The van der Waals surface area contributed by atoms with Gasteiger partial charge < -0.3 is 0 Å². The summed E-state index contributed by atoms with van der Waals surface area (Å²) >= 11 is 5.75. The molecule has 80 valence electrons. The molecule has 2 rings (SSSR count). The first-order valence-electron chi connectivity index (χ1n) is 4.59. The first-order chi connectivity index (χ1) is 7.68. The molecule has 2 aromatic rings. The Bertz CT molecular complexity index is 542. The summed E-state index contributed by atoms with van der Waals surface area (Å²) in [7, 11) is 0. The van der Waals surface area contributed by atoms with Crippen molar-refractivity contribution in [2.75, 3.05) is 0 Å². The molecule has 1 heterocycles. The molecular formula is C12H7ClFNO. The van der Waals surface area contributed by atoms with Crippen LogP contribution in [0, 0.1) is 5.82 Å². The molecule has 0 amide bonds. The topological polar surface area (TPSA) is 30.0 Å². The molecule has 0 bridgehead atoms. The Morgan fingerprint density at radius 2 is 2.06 bits per heavy atom. The van der Waals surface area contributed by atoms with E-state index in [0.717, 1.165) is 0 Å². The van der Waals surface area contributed by atoms with E-state index >= 15 is 0 Å². The number of hydrogen-bond donors (Lipinski definition) is 0. The number of ketones is 1. The van der Waals surface area contributed by atoms with Crippen LogP contribution < -0.4 is 0 Å². The van der Waals surface area contributed by atoms with E-state index in [1.165, 1.54) is 24.4 Å². The van der Waals surface area contributed by atoms with Crippen molar-refractivity contribution in [1.82, 2.24) is 4.98 Å². The van der Waals surface area contributed by atoms with Crippen molar-refractivity contribution in [1.29, 1.82) is 0 Å². The highest BCUT2D eigenvalue weighted by molar-refractivity contribution is 6.31. The predicted octanol–water partition coefficient (Wildman–Crippen LogP) is 3.11. The lowest BCUT2D eigenvalue weighted by atomic mass is 10.1. The van der Waals surface area contributed by atoms with Gasteiger partial charge in [-0.05, 0) is 24.3 Å². The van der Waals surface area contributed by atoms with Gasteiger partial charge in [-0.2, -0.15) is 0 Å². The highest BCUT2D eigenvalue weighted by Gasteiger charge is 2.14. The zero-order valence-electron chi connectivity index (χ0n) is 8.15. The maximum atomic E-state index is 13.3. The van der Waals surface area contributed by atoms with Crippen LogP contribution in [0.5, 0.6) is 0 Å². The zero-order valence-corrected chi connectivity index (χ0v) is 8.91. The zero-order chi connectivity index (χ0) is 11.5. The third-order valence-corrected chi connectivity index (χ3v) is 2.30. The van der Waals surface area contributed by atoms with E-state index in [4.69, 9.17) is 11.6 Å². The molecule has 1 aromatic heterocycles. The summed E-state index contributed by atoms with van der Waals surface area (Å²) in [4.78, 5) is 15.6. The van der Waals surface area contributed by atoms with E-state index in [1.807, 2.05) is 0 Å². The van der Waals surface area contributed by atoms with Gasteiger partial charge in [0.05, 0.1) is 0 Å². The average Bonchev–Trinajstić information content (AvgIpc) is 2.29. The van der Waals surface area contributed by atoms with Crippen LogP contribution >= 0.6 is 11.6 Å². The van der Waals surface area contributed by atoms with Crippen molar-refractivity contribution >= 4 is 17.4 Å². The predicted molar refractivity (Wildman–Crippen MR) is 59.1 cm³/mol. The number of nitrogens with zero attached hydrogens (tertiary/aromatic N) is 1. The summed E-state index contributed by atoms with van der Waals surface area (Å²) in [6.07, 6.45) is 1.38. The molecule has 0 atom stereocenters. The minimum atomic E-state index is -0.632. The van der Waals surface area contributed by atoms with Crippen LogP contribution in [0.3, 0.4) is 0 Å². The van der Waals surface area contributed by atoms with E-state index in [0.29, 0.717) is 10.6 Å². The molecule has 4 heteroatoms. The van der Waals surface area contributed by atoms with Crippen LogP contribution in [0.25, 0.3) is 0 Å². The molecule has 0 aliphatic carbocycles. The number of benzene rings is 1. The van der Waals surface area contributed by atoms with Gasteiger partial charge in [-0.25, -0.2) is 9.37 Å². The molecule has 0 fully saturated rings. The second kappa shape index (κ2) is 4.41. The number of rotatable bonds is 2. The van der Waals surface area contributed by atoms with E-state index in [1.54, 1.807) is 18.2 Å². The fraction of sp³-hybridized carbons (Fsp3) is 0. The summed E-state index contributed by atoms with van der Waals surface area (Å²) < 4.78 is 13.3. The lowest BCUT2D eigenvalue weighted by molar-refractivity contribution is 0.103. The Balaban J connectivity index is 2.44. The fourth-order valence-corrected chi connectivity index (χ4v) is 1.51. The van der Waals surface area contributed by atoms with Gasteiger partial charge in [0, 0.05) is 16.8 Å². The highest BCUT2D eigenvalue weighted by Crippen LogP contribution is 2.15. The average molecular weight is 236 g/mol. The molecule has 0 saturated carbocycles. The second-order valence-electron chi connectivity index (χ2n) is 3.17. The summed E-state index contributed by atoms with van der Waals surface area (Å²) in [5.41, 5.74) is 0.134. The molecule has 1 aromatic carbocycles. The van der Waals surface area contributed by atoms with E-state index in [9.17, 15) is 9.18 Å². The Morgan fingerprint density at radius 1 is 1.25 bits per heavy atom. The van der Waals surface area contributed by atoms with Gasteiger partial charge in [0.2, 0.25) is 5.78 Å². The van der Waals surface area contributed by atoms with Crippen molar-refractivity contribution in [3.63, 3.8) is 0 Å². The molecular weight excluding hydrogens is 229 g/mol. The smallest absolute Gasteiger partial charge is 0.214 e. The second-order valence-corrected chi connectivity index (χ2v) is 3.61. The minimum absolute atomic E-state index is 0.190. The minimum Gasteiger partial charge on any atom is -0.287 e. The molecule has 0 radical (unpaired) electrons. The highest BCUT2D eigenvalue weighted by atomic mass is 35.5. The van der Waals surface area contributed by atoms with Crippen LogP contribution in [0.1, 0.15) is 16.1 Å². The molecule has 0 unspecified atom stereocenters. The van der Waals surface area contributed by atoms with Gasteiger partial charge in [-0.3, -0.25) is 4.79 Å². The molecule has 0 saturated heterocycles. The molecule has 0 aliphatic heterocycles. The van der Waals surface area contributed by atoms with Gasteiger partial charge in [0.1, 0.15) is 5.69 Å².